The van der Waals surface area contributed by atoms with E-state index in [0.717, 1.165) is 19.3 Å². The smallest absolute Gasteiger partial charge is 0.303 e. The number of carboxylic acids is 1. The highest BCUT2D eigenvalue weighted by atomic mass is 16.4. The molecule has 0 fully saturated rings. The number of carbonyl (C=O) groups is 1. The van der Waals surface area contributed by atoms with Crippen LogP contribution in [-0.4, -0.2) is 11.1 Å². The Balaban J connectivity index is 2.50. The summed E-state index contributed by atoms with van der Waals surface area (Å²) in [6.07, 6.45) is 2.99. The Morgan fingerprint density at radius 3 is 2.56 bits per heavy atom. The number of hydrogen-bond acceptors (Lipinski definition) is 1. The first kappa shape index (κ1) is 12.8. The molecule has 0 atom stereocenters. The molecule has 0 aromatic heterocycles. The molecule has 0 unspecified atom stereocenters. The van der Waals surface area contributed by atoms with Gasteiger partial charge in [-0.3, -0.25) is 4.79 Å². The SMILES string of the molecule is CC(C)c1ccccc1CCCCC(=O)O. The molecule has 1 aromatic carbocycles. The lowest BCUT2D eigenvalue weighted by Gasteiger charge is -2.12. The molecule has 88 valence electrons. The van der Waals surface area contributed by atoms with Crippen LogP contribution in [0.2, 0.25) is 0 Å². The zero-order chi connectivity index (χ0) is 12.0. The summed E-state index contributed by atoms with van der Waals surface area (Å²) < 4.78 is 0. The van der Waals surface area contributed by atoms with Crippen molar-refractivity contribution >= 4 is 5.97 Å². The summed E-state index contributed by atoms with van der Waals surface area (Å²) >= 11 is 0. The molecule has 0 radical (unpaired) electrons. The van der Waals surface area contributed by atoms with E-state index in [4.69, 9.17) is 5.11 Å². The number of aliphatic carboxylic acids is 1. The monoisotopic (exact) mass is 220 g/mol. The Morgan fingerprint density at radius 2 is 1.94 bits per heavy atom. The van der Waals surface area contributed by atoms with Crippen molar-refractivity contribution in [2.24, 2.45) is 0 Å². The van der Waals surface area contributed by atoms with Crippen LogP contribution in [0.25, 0.3) is 0 Å². The maximum atomic E-state index is 10.4. The summed E-state index contributed by atoms with van der Waals surface area (Å²) in [6, 6.07) is 8.43. The van der Waals surface area contributed by atoms with Crippen molar-refractivity contribution in [2.45, 2.75) is 45.4 Å². The van der Waals surface area contributed by atoms with Gasteiger partial charge in [0.15, 0.2) is 0 Å². The van der Waals surface area contributed by atoms with Gasteiger partial charge < -0.3 is 5.11 Å². The number of aryl methyl sites for hydroxylation is 1. The van der Waals surface area contributed by atoms with E-state index < -0.39 is 5.97 Å². The van der Waals surface area contributed by atoms with Crippen LogP contribution in [0.15, 0.2) is 24.3 Å². The quantitative estimate of drug-likeness (QED) is 0.744. The third-order valence-corrected chi connectivity index (χ3v) is 2.76. The fraction of sp³-hybridized carbons (Fsp3) is 0.500. The zero-order valence-electron chi connectivity index (χ0n) is 10.1. The average molecular weight is 220 g/mol. The number of benzene rings is 1. The molecular weight excluding hydrogens is 200 g/mol. The molecule has 0 bridgehead atoms. The molecule has 0 saturated carbocycles. The van der Waals surface area contributed by atoms with Crippen molar-refractivity contribution in [2.75, 3.05) is 0 Å². The van der Waals surface area contributed by atoms with Gasteiger partial charge in [-0.15, -0.1) is 0 Å². The van der Waals surface area contributed by atoms with Gasteiger partial charge in [-0.1, -0.05) is 38.1 Å². The van der Waals surface area contributed by atoms with Gasteiger partial charge in [0.2, 0.25) is 0 Å². The summed E-state index contributed by atoms with van der Waals surface area (Å²) in [5.41, 5.74) is 2.75. The first-order valence-electron chi connectivity index (χ1n) is 5.91. The third-order valence-electron chi connectivity index (χ3n) is 2.76. The van der Waals surface area contributed by atoms with Gasteiger partial charge in [0, 0.05) is 6.42 Å². The summed E-state index contributed by atoms with van der Waals surface area (Å²) in [7, 11) is 0. The predicted octanol–water partition coefficient (Wildman–Crippen LogP) is 3.61. The lowest BCUT2D eigenvalue weighted by atomic mass is 9.94. The first-order valence-corrected chi connectivity index (χ1v) is 5.91. The maximum absolute atomic E-state index is 10.4. The highest BCUT2D eigenvalue weighted by Gasteiger charge is 2.05. The molecule has 0 heterocycles. The van der Waals surface area contributed by atoms with Gasteiger partial charge >= 0.3 is 5.97 Å². The van der Waals surface area contributed by atoms with E-state index in [2.05, 4.69) is 38.1 Å². The molecule has 0 aliphatic heterocycles. The van der Waals surface area contributed by atoms with E-state index in [1.54, 1.807) is 0 Å². The van der Waals surface area contributed by atoms with E-state index in [-0.39, 0.29) is 6.42 Å². The molecule has 2 heteroatoms. The second-order valence-corrected chi connectivity index (χ2v) is 4.45. The van der Waals surface area contributed by atoms with Crippen molar-refractivity contribution < 1.29 is 9.90 Å². The molecular formula is C14H20O2. The zero-order valence-corrected chi connectivity index (χ0v) is 10.1. The Kier molecular flexibility index (Phi) is 5.03. The van der Waals surface area contributed by atoms with E-state index in [1.165, 1.54) is 11.1 Å². The second-order valence-electron chi connectivity index (χ2n) is 4.45. The maximum Gasteiger partial charge on any atom is 0.303 e. The highest BCUT2D eigenvalue weighted by Crippen LogP contribution is 2.20. The van der Waals surface area contributed by atoms with Gasteiger partial charge in [-0.05, 0) is 36.3 Å². The molecule has 16 heavy (non-hydrogen) atoms. The van der Waals surface area contributed by atoms with E-state index >= 15 is 0 Å². The fourth-order valence-corrected chi connectivity index (χ4v) is 1.92. The number of hydrogen-bond donors (Lipinski definition) is 1. The van der Waals surface area contributed by atoms with Crippen LogP contribution in [0.4, 0.5) is 0 Å². The van der Waals surface area contributed by atoms with E-state index in [9.17, 15) is 4.79 Å². The van der Waals surface area contributed by atoms with Crippen molar-refractivity contribution in [3.63, 3.8) is 0 Å². The van der Waals surface area contributed by atoms with Crippen LogP contribution in [0.1, 0.15) is 50.2 Å². The van der Waals surface area contributed by atoms with Crippen LogP contribution in [0.3, 0.4) is 0 Å². The van der Waals surface area contributed by atoms with Crippen molar-refractivity contribution in [3.05, 3.63) is 35.4 Å². The molecule has 2 nitrogen and oxygen atoms in total. The summed E-state index contributed by atoms with van der Waals surface area (Å²) in [5.74, 6) is -0.159. The van der Waals surface area contributed by atoms with Gasteiger partial charge in [-0.25, -0.2) is 0 Å². The van der Waals surface area contributed by atoms with Crippen LogP contribution >= 0.6 is 0 Å². The number of rotatable bonds is 6. The molecule has 1 aromatic rings. The van der Waals surface area contributed by atoms with Crippen molar-refractivity contribution in [1.29, 1.82) is 0 Å². The average Bonchev–Trinajstić information content (AvgIpc) is 2.24. The molecule has 0 spiro atoms. The van der Waals surface area contributed by atoms with Crippen LogP contribution < -0.4 is 0 Å². The minimum Gasteiger partial charge on any atom is -0.481 e. The third kappa shape index (κ3) is 4.05. The van der Waals surface area contributed by atoms with E-state index in [1.807, 2.05) is 0 Å². The normalized spacial score (nSPS) is 10.7. The van der Waals surface area contributed by atoms with Crippen LogP contribution in [0, 0.1) is 0 Å². The molecule has 0 aliphatic carbocycles. The summed E-state index contributed by atoms with van der Waals surface area (Å²) in [4.78, 5) is 10.4. The lowest BCUT2D eigenvalue weighted by Crippen LogP contribution is -1.98. The minimum absolute atomic E-state index is 0.282. The Hall–Kier alpha value is -1.31. The van der Waals surface area contributed by atoms with Gasteiger partial charge in [0.25, 0.3) is 0 Å². The van der Waals surface area contributed by atoms with Crippen molar-refractivity contribution in [1.82, 2.24) is 0 Å². The number of unbranched alkanes of at least 4 members (excludes halogenated alkanes) is 1. The molecule has 0 aliphatic rings. The Morgan fingerprint density at radius 1 is 1.25 bits per heavy atom. The Bertz CT molecular complexity index is 342. The largest absolute Gasteiger partial charge is 0.481 e. The van der Waals surface area contributed by atoms with Crippen LogP contribution in [-0.2, 0) is 11.2 Å². The van der Waals surface area contributed by atoms with Crippen LogP contribution in [0.5, 0.6) is 0 Å². The van der Waals surface area contributed by atoms with Crippen molar-refractivity contribution in [3.8, 4) is 0 Å². The summed E-state index contributed by atoms with van der Waals surface area (Å²) in [6.45, 7) is 4.38. The van der Waals surface area contributed by atoms with Gasteiger partial charge in [0.1, 0.15) is 0 Å². The molecule has 0 saturated heterocycles. The first-order chi connectivity index (χ1) is 7.61. The molecule has 1 N–H and O–H groups in total. The summed E-state index contributed by atoms with van der Waals surface area (Å²) in [5, 5.41) is 8.55. The Labute approximate surface area is 97.3 Å². The predicted molar refractivity (Wildman–Crippen MR) is 65.7 cm³/mol. The van der Waals surface area contributed by atoms with Gasteiger partial charge in [-0.2, -0.15) is 0 Å². The molecule has 1 rings (SSSR count). The highest BCUT2D eigenvalue weighted by molar-refractivity contribution is 5.66. The topological polar surface area (TPSA) is 37.3 Å². The minimum atomic E-state index is -0.697. The van der Waals surface area contributed by atoms with E-state index in [0.29, 0.717) is 5.92 Å². The standard InChI is InChI=1S/C14H20O2/c1-11(2)13-9-5-3-7-12(13)8-4-6-10-14(15)16/h3,5,7,9,11H,4,6,8,10H2,1-2H3,(H,15,16). The number of carboxylic acid groups (broad SMARTS) is 1. The second kappa shape index (κ2) is 6.31. The fourth-order valence-electron chi connectivity index (χ4n) is 1.92. The lowest BCUT2D eigenvalue weighted by molar-refractivity contribution is -0.137. The molecule has 0 amide bonds. The van der Waals surface area contributed by atoms with Gasteiger partial charge in [0.05, 0.1) is 0 Å².